The maximum atomic E-state index is 12.8. The molecule has 1 aliphatic heterocycles. The molecule has 1 amide bonds. The van der Waals surface area contributed by atoms with Gasteiger partial charge in [-0.2, -0.15) is 0 Å². The minimum atomic E-state index is -0.0533. The number of halogens is 2. The van der Waals surface area contributed by atoms with Crippen LogP contribution in [-0.4, -0.2) is 53.4 Å². The van der Waals surface area contributed by atoms with E-state index in [0.29, 0.717) is 0 Å². The number of amides is 1. The lowest BCUT2D eigenvalue weighted by Crippen LogP contribution is -2.49. The quantitative estimate of drug-likeness (QED) is 0.784. The van der Waals surface area contributed by atoms with E-state index in [2.05, 4.69) is 29.8 Å². The number of pyridine rings is 1. The average molecular weight is 382 g/mol. The van der Waals surface area contributed by atoms with Gasteiger partial charge in [-0.1, -0.05) is 43.1 Å². The molecule has 1 saturated carbocycles. The number of aromatic nitrogens is 1. The molecule has 6 heteroatoms. The Morgan fingerprint density at radius 2 is 2.00 bits per heavy atom. The zero-order chi connectivity index (χ0) is 18.0. The van der Waals surface area contributed by atoms with Gasteiger partial charge in [0.15, 0.2) is 0 Å². The van der Waals surface area contributed by atoms with Crippen molar-refractivity contribution in [1.29, 1.82) is 0 Å². The number of carbonyl (C=O) groups is 1. The summed E-state index contributed by atoms with van der Waals surface area (Å²) in [7, 11) is 0. The molecule has 3 rings (SSSR count). The van der Waals surface area contributed by atoms with Gasteiger partial charge in [-0.3, -0.25) is 14.7 Å². The molecule has 1 saturated heterocycles. The van der Waals surface area contributed by atoms with E-state index in [0.717, 1.165) is 44.8 Å². The number of piperazine rings is 1. The smallest absolute Gasteiger partial charge is 0.226 e. The molecule has 2 fully saturated rings. The topological polar surface area (TPSA) is 36.4 Å². The Morgan fingerprint density at radius 3 is 2.60 bits per heavy atom. The molecule has 4 nitrogen and oxygen atoms in total. The van der Waals surface area contributed by atoms with Crippen LogP contribution in [-0.2, 0) is 11.2 Å². The Bertz CT molecular complexity index is 635. The van der Waals surface area contributed by atoms with E-state index in [4.69, 9.17) is 23.2 Å². The SMILES string of the molecule is CC1(C)[C@H](C=C(Cl)Cl)[C@H]1C(=O)N1CCN(CCc2ccccn2)CC1. The summed E-state index contributed by atoms with van der Waals surface area (Å²) in [6.45, 7) is 8.62. The van der Waals surface area contributed by atoms with Gasteiger partial charge in [-0.25, -0.2) is 0 Å². The van der Waals surface area contributed by atoms with Gasteiger partial charge < -0.3 is 4.90 Å². The molecule has 0 aromatic carbocycles. The van der Waals surface area contributed by atoms with Gasteiger partial charge in [-0.05, 0) is 29.5 Å². The largest absolute Gasteiger partial charge is 0.340 e. The van der Waals surface area contributed by atoms with E-state index in [-0.39, 0.29) is 27.6 Å². The van der Waals surface area contributed by atoms with Crippen molar-refractivity contribution >= 4 is 29.1 Å². The molecule has 25 heavy (non-hydrogen) atoms. The third-order valence-corrected chi connectivity index (χ3v) is 5.83. The standard InChI is InChI=1S/C19H25Cl2N3O/c1-19(2)15(13-16(20)21)17(19)18(25)24-11-9-23(10-12-24)8-6-14-5-3-4-7-22-14/h3-5,7,13,15,17H,6,8-12H2,1-2H3/t15-,17+/m1/s1. The molecule has 1 aromatic rings. The summed E-state index contributed by atoms with van der Waals surface area (Å²) in [4.78, 5) is 21.6. The second-order valence-electron chi connectivity index (χ2n) is 7.52. The molecular weight excluding hydrogens is 357 g/mol. The molecule has 1 aromatic heterocycles. The summed E-state index contributed by atoms with van der Waals surface area (Å²) in [6, 6.07) is 6.02. The molecule has 136 valence electrons. The van der Waals surface area contributed by atoms with Gasteiger partial charge >= 0.3 is 0 Å². The monoisotopic (exact) mass is 381 g/mol. The zero-order valence-corrected chi connectivity index (χ0v) is 16.3. The summed E-state index contributed by atoms with van der Waals surface area (Å²) in [5.74, 6) is 0.387. The first-order valence-corrected chi connectivity index (χ1v) is 9.59. The highest BCUT2D eigenvalue weighted by atomic mass is 35.5. The lowest BCUT2D eigenvalue weighted by atomic mass is 10.1. The van der Waals surface area contributed by atoms with Crippen molar-refractivity contribution in [1.82, 2.24) is 14.8 Å². The molecule has 0 unspecified atom stereocenters. The number of carbonyl (C=O) groups excluding carboxylic acids is 1. The van der Waals surface area contributed by atoms with E-state index < -0.39 is 0 Å². The molecule has 2 atom stereocenters. The minimum absolute atomic E-state index is 0.0000637. The highest BCUT2D eigenvalue weighted by Crippen LogP contribution is 2.60. The first-order chi connectivity index (χ1) is 11.9. The summed E-state index contributed by atoms with van der Waals surface area (Å²) < 4.78 is 0.257. The minimum Gasteiger partial charge on any atom is -0.340 e. The van der Waals surface area contributed by atoms with Gasteiger partial charge in [0, 0.05) is 51.0 Å². The van der Waals surface area contributed by atoms with Crippen molar-refractivity contribution in [3.05, 3.63) is 40.7 Å². The fourth-order valence-corrected chi connectivity index (χ4v) is 4.07. The van der Waals surface area contributed by atoms with Gasteiger partial charge in [-0.15, -0.1) is 0 Å². The maximum Gasteiger partial charge on any atom is 0.226 e. The molecule has 0 bridgehead atoms. The van der Waals surface area contributed by atoms with E-state index in [1.807, 2.05) is 29.3 Å². The highest BCUT2D eigenvalue weighted by Gasteiger charge is 2.61. The van der Waals surface area contributed by atoms with Crippen molar-refractivity contribution in [2.75, 3.05) is 32.7 Å². The molecule has 0 spiro atoms. The lowest BCUT2D eigenvalue weighted by molar-refractivity contribution is -0.135. The van der Waals surface area contributed by atoms with Crippen LogP contribution in [0.2, 0.25) is 0 Å². The van der Waals surface area contributed by atoms with Crippen LogP contribution in [0.3, 0.4) is 0 Å². The van der Waals surface area contributed by atoms with E-state index >= 15 is 0 Å². The average Bonchev–Trinajstić information content (AvgIpc) is 3.13. The van der Waals surface area contributed by atoms with Crippen LogP contribution in [0.4, 0.5) is 0 Å². The number of rotatable bonds is 5. The summed E-state index contributed by atoms with van der Waals surface area (Å²) in [5.41, 5.74) is 1.07. The fraction of sp³-hybridized carbons (Fsp3) is 0.579. The maximum absolute atomic E-state index is 12.8. The van der Waals surface area contributed by atoms with Crippen LogP contribution in [0, 0.1) is 17.3 Å². The van der Waals surface area contributed by atoms with Crippen LogP contribution in [0.1, 0.15) is 19.5 Å². The summed E-state index contributed by atoms with van der Waals surface area (Å²) >= 11 is 11.6. The molecule has 0 radical (unpaired) electrons. The van der Waals surface area contributed by atoms with Crippen molar-refractivity contribution in [3.63, 3.8) is 0 Å². The van der Waals surface area contributed by atoms with Crippen LogP contribution in [0.25, 0.3) is 0 Å². The Labute approximate surface area is 159 Å². The predicted molar refractivity (Wildman–Crippen MR) is 102 cm³/mol. The molecule has 0 N–H and O–H groups in total. The number of hydrogen-bond acceptors (Lipinski definition) is 3. The predicted octanol–water partition coefficient (Wildman–Crippen LogP) is 3.36. The van der Waals surface area contributed by atoms with E-state index in [9.17, 15) is 4.79 Å². The van der Waals surface area contributed by atoms with Crippen LogP contribution in [0.5, 0.6) is 0 Å². The Kier molecular flexibility index (Phi) is 5.71. The Balaban J connectivity index is 1.48. The van der Waals surface area contributed by atoms with E-state index in [1.165, 1.54) is 0 Å². The first-order valence-electron chi connectivity index (χ1n) is 8.83. The van der Waals surface area contributed by atoms with Crippen molar-refractivity contribution < 1.29 is 4.79 Å². The second kappa shape index (κ2) is 7.65. The third-order valence-electron chi connectivity index (χ3n) is 5.58. The first kappa shape index (κ1) is 18.7. The summed E-state index contributed by atoms with van der Waals surface area (Å²) in [5, 5.41) is 0. The molecule has 2 aliphatic rings. The van der Waals surface area contributed by atoms with Gasteiger partial charge in [0.05, 0.1) is 5.92 Å². The zero-order valence-electron chi connectivity index (χ0n) is 14.8. The number of hydrogen-bond donors (Lipinski definition) is 0. The van der Waals surface area contributed by atoms with Crippen molar-refractivity contribution in [3.8, 4) is 0 Å². The van der Waals surface area contributed by atoms with Gasteiger partial charge in [0.2, 0.25) is 5.91 Å². The lowest BCUT2D eigenvalue weighted by Gasteiger charge is -2.35. The number of allylic oxidation sites excluding steroid dienone is 1. The van der Waals surface area contributed by atoms with Crippen LogP contribution < -0.4 is 0 Å². The fourth-order valence-electron chi connectivity index (χ4n) is 3.80. The number of nitrogens with zero attached hydrogens (tertiary/aromatic N) is 3. The van der Waals surface area contributed by atoms with Crippen LogP contribution >= 0.6 is 23.2 Å². The Hall–Kier alpha value is -1.10. The van der Waals surface area contributed by atoms with Crippen molar-refractivity contribution in [2.45, 2.75) is 20.3 Å². The normalized spacial score (nSPS) is 25.5. The highest BCUT2D eigenvalue weighted by molar-refractivity contribution is 6.55. The van der Waals surface area contributed by atoms with Gasteiger partial charge in [0.1, 0.15) is 4.49 Å². The van der Waals surface area contributed by atoms with Gasteiger partial charge in [0.25, 0.3) is 0 Å². The Morgan fingerprint density at radius 1 is 1.28 bits per heavy atom. The summed E-state index contributed by atoms with van der Waals surface area (Å²) in [6.07, 6.45) is 4.60. The second-order valence-corrected chi connectivity index (χ2v) is 8.53. The van der Waals surface area contributed by atoms with Crippen molar-refractivity contribution in [2.24, 2.45) is 17.3 Å². The molecule has 1 aliphatic carbocycles. The third kappa shape index (κ3) is 4.36. The molecular formula is C19H25Cl2N3O. The molecule has 2 heterocycles. The van der Waals surface area contributed by atoms with Crippen LogP contribution in [0.15, 0.2) is 35.0 Å². The van der Waals surface area contributed by atoms with E-state index in [1.54, 1.807) is 0 Å².